The number of nitrogens with zero attached hydrogens (tertiary/aromatic N) is 2. The molecule has 20 heavy (non-hydrogen) atoms. The number of hydrogen-bond acceptors (Lipinski definition) is 2. The van der Waals surface area contributed by atoms with Crippen molar-refractivity contribution in [1.82, 2.24) is 9.80 Å². The van der Waals surface area contributed by atoms with Crippen molar-refractivity contribution in [2.45, 2.75) is 6.92 Å². The first-order valence-corrected chi connectivity index (χ1v) is 7.50. The molecule has 2 rings (SSSR count). The number of amides is 1. The van der Waals surface area contributed by atoms with Gasteiger partial charge in [0.05, 0.1) is 0 Å². The Morgan fingerprint density at radius 3 is 2.35 bits per heavy atom. The van der Waals surface area contributed by atoms with Crippen LogP contribution in [-0.2, 0) is 4.79 Å². The topological polar surface area (TPSA) is 23.6 Å². The molecule has 1 aliphatic rings. The average molecular weight is 313 g/mol. The number of benzene rings is 1. The fourth-order valence-electron chi connectivity index (χ4n) is 2.21. The van der Waals surface area contributed by atoms with Crippen LogP contribution in [0.3, 0.4) is 0 Å². The van der Waals surface area contributed by atoms with E-state index in [1.165, 1.54) is 0 Å². The van der Waals surface area contributed by atoms with Crippen LogP contribution in [0.5, 0.6) is 0 Å². The van der Waals surface area contributed by atoms with E-state index in [2.05, 4.69) is 11.8 Å². The highest BCUT2D eigenvalue weighted by Gasteiger charge is 2.18. The fraction of sp³-hybridized carbons (Fsp3) is 0.400. The number of carbonyl (C=O) groups excluding carboxylic acids is 1. The third-order valence-electron chi connectivity index (χ3n) is 3.52. The predicted octanol–water partition coefficient (Wildman–Crippen LogP) is 3.17. The summed E-state index contributed by atoms with van der Waals surface area (Å²) in [6.07, 6.45) is 3.24. The molecule has 3 nitrogen and oxygen atoms in total. The van der Waals surface area contributed by atoms with E-state index in [1.807, 2.05) is 4.90 Å². The number of halogens is 2. The standard InChI is InChI=1S/C15H18Cl2N2O/c1-2-18-8-10-19(11-9-18)15(20)7-6-12-13(16)4-3-5-14(12)17/h3-7H,2,8-11H2,1H3/b7-6+. The van der Waals surface area contributed by atoms with Gasteiger partial charge in [-0.25, -0.2) is 0 Å². The molecule has 0 bridgehead atoms. The van der Waals surface area contributed by atoms with E-state index in [9.17, 15) is 4.79 Å². The molecule has 5 heteroatoms. The van der Waals surface area contributed by atoms with Gasteiger partial charge >= 0.3 is 0 Å². The summed E-state index contributed by atoms with van der Waals surface area (Å²) in [5.41, 5.74) is 0.691. The Labute approximate surface area is 129 Å². The Morgan fingerprint density at radius 2 is 1.80 bits per heavy atom. The Bertz CT molecular complexity index is 488. The minimum Gasteiger partial charge on any atom is -0.337 e. The highest BCUT2D eigenvalue weighted by molar-refractivity contribution is 6.37. The van der Waals surface area contributed by atoms with Crippen molar-refractivity contribution in [3.63, 3.8) is 0 Å². The van der Waals surface area contributed by atoms with Crippen molar-refractivity contribution < 1.29 is 4.79 Å². The molecule has 0 saturated carbocycles. The summed E-state index contributed by atoms with van der Waals surface area (Å²) >= 11 is 12.1. The van der Waals surface area contributed by atoms with Gasteiger partial charge in [-0.1, -0.05) is 36.2 Å². The van der Waals surface area contributed by atoms with Crippen molar-refractivity contribution in [3.05, 3.63) is 39.9 Å². The largest absolute Gasteiger partial charge is 0.337 e. The second-order valence-corrected chi connectivity index (χ2v) is 5.54. The monoisotopic (exact) mass is 312 g/mol. The third kappa shape index (κ3) is 3.75. The molecule has 108 valence electrons. The highest BCUT2D eigenvalue weighted by Crippen LogP contribution is 2.25. The van der Waals surface area contributed by atoms with Crippen molar-refractivity contribution in [2.24, 2.45) is 0 Å². The van der Waals surface area contributed by atoms with Gasteiger partial charge in [0.2, 0.25) is 5.91 Å². The number of carbonyl (C=O) groups is 1. The van der Waals surface area contributed by atoms with Gasteiger partial charge in [0.1, 0.15) is 0 Å². The zero-order valence-electron chi connectivity index (χ0n) is 11.5. The lowest BCUT2D eigenvalue weighted by Gasteiger charge is -2.33. The van der Waals surface area contributed by atoms with Gasteiger partial charge in [0, 0.05) is 47.9 Å². The van der Waals surface area contributed by atoms with Crippen molar-refractivity contribution >= 4 is 35.2 Å². The van der Waals surface area contributed by atoms with Crippen LogP contribution in [-0.4, -0.2) is 48.4 Å². The molecular formula is C15H18Cl2N2O. The van der Waals surface area contributed by atoms with Gasteiger partial charge in [0.25, 0.3) is 0 Å². The molecule has 0 aromatic heterocycles. The average Bonchev–Trinajstić information content (AvgIpc) is 2.46. The van der Waals surface area contributed by atoms with Crippen LogP contribution >= 0.6 is 23.2 Å². The normalized spacial score (nSPS) is 16.9. The van der Waals surface area contributed by atoms with Crippen LogP contribution in [0.15, 0.2) is 24.3 Å². The second-order valence-electron chi connectivity index (χ2n) is 4.73. The van der Waals surface area contributed by atoms with Crippen molar-refractivity contribution in [3.8, 4) is 0 Å². The van der Waals surface area contributed by atoms with Crippen LogP contribution in [0.25, 0.3) is 6.08 Å². The first-order chi connectivity index (χ1) is 9.61. The van der Waals surface area contributed by atoms with Crippen LogP contribution in [0, 0.1) is 0 Å². The van der Waals surface area contributed by atoms with Crippen LogP contribution in [0.1, 0.15) is 12.5 Å². The number of likely N-dealkylation sites (N-methyl/N-ethyl adjacent to an activating group) is 1. The van der Waals surface area contributed by atoms with Crippen molar-refractivity contribution in [2.75, 3.05) is 32.7 Å². The minimum absolute atomic E-state index is 0.0109. The molecule has 1 aromatic carbocycles. The molecule has 0 radical (unpaired) electrons. The van der Waals surface area contributed by atoms with E-state index in [1.54, 1.807) is 30.4 Å². The summed E-state index contributed by atoms with van der Waals surface area (Å²) in [7, 11) is 0. The fourth-order valence-corrected chi connectivity index (χ4v) is 2.74. The summed E-state index contributed by atoms with van der Waals surface area (Å²) in [4.78, 5) is 16.3. The number of rotatable bonds is 3. The summed E-state index contributed by atoms with van der Waals surface area (Å²) < 4.78 is 0. The lowest BCUT2D eigenvalue weighted by molar-refractivity contribution is -0.127. The number of piperazine rings is 1. The molecule has 1 amide bonds. The lowest BCUT2D eigenvalue weighted by atomic mass is 10.2. The van der Waals surface area contributed by atoms with Gasteiger partial charge in [0.15, 0.2) is 0 Å². The Hall–Kier alpha value is -1.03. The lowest BCUT2D eigenvalue weighted by Crippen LogP contribution is -2.48. The molecule has 0 N–H and O–H groups in total. The van der Waals surface area contributed by atoms with Crippen LogP contribution in [0.4, 0.5) is 0 Å². The van der Waals surface area contributed by atoms with Gasteiger partial charge in [-0.05, 0) is 24.8 Å². The maximum absolute atomic E-state index is 12.1. The molecule has 0 unspecified atom stereocenters. The predicted molar refractivity (Wildman–Crippen MR) is 84.2 cm³/mol. The molecule has 1 saturated heterocycles. The summed E-state index contributed by atoms with van der Waals surface area (Å²) in [5, 5.41) is 1.11. The Kier molecular flexibility index (Phi) is 5.46. The van der Waals surface area contributed by atoms with E-state index >= 15 is 0 Å². The van der Waals surface area contributed by atoms with E-state index in [-0.39, 0.29) is 5.91 Å². The van der Waals surface area contributed by atoms with Crippen LogP contribution in [0.2, 0.25) is 10.0 Å². The highest BCUT2D eigenvalue weighted by atomic mass is 35.5. The number of hydrogen-bond donors (Lipinski definition) is 0. The summed E-state index contributed by atoms with van der Waals surface area (Å²) in [6.45, 7) is 6.58. The quantitative estimate of drug-likeness (QED) is 0.800. The van der Waals surface area contributed by atoms with Gasteiger partial charge in [-0.15, -0.1) is 0 Å². The van der Waals surface area contributed by atoms with Gasteiger partial charge < -0.3 is 9.80 Å². The molecule has 1 aromatic rings. The first-order valence-electron chi connectivity index (χ1n) is 6.75. The zero-order valence-corrected chi connectivity index (χ0v) is 13.0. The van der Waals surface area contributed by atoms with Gasteiger partial charge in [-0.3, -0.25) is 4.79 Å². The molecule has 1 heterocycles. The molecule has 0 spiro atoms. The smallest absolute Gasteiger partial charge is 0.246 e. The Balaban J connectivity index is 2.00. The van der Waals surface area contributed by atoms with E-state index < -0.39 is 0 Å². The molecule has 0 atom stereocenters. The maximum atomic E-state index is 12.1. The SMILES string of the molecule is CCN1CCN(C(=O)/C=C/c2c(Cl)cccc2Cl)CC1. The first kappa shape index (κ1) is 15.4. The summed E-state index contributed by atoms with van der Waals surface area (Å²) in [6, 6.07) is 5.31. The maximum Gasteiger partial charge on any atom is 0.246 e. The van der Waals surface area contributed by atoms with E-state index in [0.717, 1.165) is 32.7 Å². The Morgan fingerprint density at radius 1 is 1.20 bits per heavy atom. The van der Waals surface area contributed by atoms with E-state index in [0.29, 0.717) is 15.6 Å². The minimum atomic E-state index is 0.0109. The second kappa shape index (κ2) is 7.11. The summed E-state index contributed by atoms with van der Waals surface area (Å²) in [5.74, 6) is 0.0109. The van der Waals surface area contributed by atoms with Crippen molar-refractivity contribution in [1.29, 1.82) is 0 Å². The zero-order chi connectivity index (χ0) is 14.5. The van der Waals surface area contributed by atoms with E-state index in [4.69, 9.17) is 23.2 Å². The molecule has 0 aliphatic carbocycles. The molecular weight excluding hydrogens is 295 g/mol. The molecule has 1 aliphatic heterocycles. The third-order valence-corrected chi connectivity index (χ3v) is 4.18. The van der Waals surface area contributed by atoms with Gasteiger partial charge in [-0.2, -0.15) is 0 Å². The molecule has 1 fully saturated rings. The van der Waals surface area contributed by atoms with Crippen LogP contribution < -0.4 is 0 Å².